The Labute approximate surface area is 136 Å². The number of carbonyl (C=O) groups excluding carboxylic acids is 1. The van der Waals surface area contributed by atoms with E-state index >= 15 is 0 Å². The van der Waals surface area contributed by atoms with Crippen LogP contribution in [0.15, 0.2) is 48.5 Å². The predicted molar refractivity (Wildman–Crippen MR) is 89.4 cm³/mol. The second-order valence-electron chi connectivity index (χ2n) is 5.92. The molecule has 23 heavy (non-hydrogen) atoms. The van der Waals surface area contributed by atoms with Gasteiger partial charge in [0.1, 0.15) is 5.82 Å². The van der Waals surface area contributed by atoms with Crippen LogP contribution in [0, 0.1) is 5.82 Å². The lowest BCUT2D eigenvalue weighted by molar-refractivity contribution is -0.130. The van der Waals surface area contributed by atoms with E-state index in [9.17, 15) is 9.18 Å². The summed E-state index contributed by atoms with van der Waals surface area (Å²) >= 11 is 0. The van der Waals surface area contributed by atoms with E-state index in [-0.39, 0.29) is 11.7 Å². The molecule has 1 amide bonds. The van der Waals surface area contributed by atoms with Crippen LogP contribution < -0.4 is 0 Å². The Morgan fingerprint density at radius 2 is 1.57 bits per heavy atom. The van der Waals surface area contributed by atoms with Gasteiger partial charge in [-0.1, -0.05) is 42.5 Å². The molecule has 0 atom stereocenters. The fraction of sp³-hybridized carbons (Fsp3) is 0.316. The monoisotopic (exact) mass is 312 g/mol. The molecule has 1 aliphatic rings. The number of halogens is 1. The molecule has 4 heteroatoms. The molecule has 0 unspecified atom stereocenters. The van der Waals surface area contributed by atoms with Crippen molar-refractivity contribution in [3.8, 4) is 11.1 Å². The summed E-state index contributed by atoms with van der Waals surface area (Å²) < 4.78 is 14.1. The van der Waals surface area contributed by atoms with Crippen LogP contribution in [0.1, 0.15) is 12.5 Å². The fourth-order valence-electron chi connectivity index (χ4n) is 3.06. The number of amides is 1. The van der Waals surface area contributed by atoms with Crippen LogP contribution in [0.3, 0.4) is 0 Å². The molecule has 0 N–H and O–H groups in total. The first-order valence-corrected chi connectivity index (χ1v) is 7.96. The van der Waals surface area contributed by atoms with Gasteiger partial charge in [-0.2, -0.15) is 0 Å². The molecule has 0 bridgehead atoms. The minimum atomic E-state index is -0.193. The van der Waals surface area contributed by atoms with Crippen LogP contribution in [0.4, 0.5) is 4.39 Å². The molecule has 120 valence electrons. The van der Waals surface area contributed by atoms with E-state index in [1.54, 1.807) is 13.0 Å². The summed E-state index contributed by atoms with van der Waals surface area (Å²) in [5.74, 6) is -0.0576. The van der Waals surface area contributed by atoms with Crippen molar-refractivity contribution in [2.24, 2.45) is 0 Å². The van der Waals surface area contributed by atoms with E-state index in [1.807, 2.05) is 35.2 Å². The molecule has 0 saturated carbocycles. The maximum Gasteiger partial charge on any atom is 0.219 e. The summed E-state index contributed by atoms with van der Waals surface area (Å²) in [4.78, 5) is 15.6. The molecule has 2 aromatic rings. The van der Waals surface area contributed by atoms with Crippen LogP contribution in [-0.2, 0) is 11.3 Å². The Hall–Kier alpha value is -2.20. The third kappa shape index (κ3) is 3.59. The Morgan fingerprint density at radius 1 is 0.957 bits per heavy atom. The van der Waals surface area contributed by atoms with Gasteiger partial charge in [-0.05, 0) is 17.2 Å². The van der Waals surface area contributed by atoms with Gasteiger partial charge in [-0.3, -0.25) is 9.69 Å². The van der Waals surface area contributed by atoms with Crippen molar-refractivity contribution in [3.63, 3.8) is 0 Å². The van der Waals surface area contributed by atoms with Crippen molar-refractivity contribution in [1.82, 2.24) is 9.80 Å². The van der Waals surface area contributed by atoms with Crippen LogP contribution >= 0.6 is 0 Å². The second kappa shape index (κ2) is 6.92. The third-order valence-electron chi connectivity index (χ3n) is 4.39. The molecule has 3 rings (SSSR count). The number of piperazine rings is 1. The lowest BCUT2D eigenvalue weighted by atomic mass is 9.98. The first kappa shape index (κ1) is 15.7. The van der Waals surface area contributed by atoms with Gasteiger partial charge in [0.25, 0.3) is 0 Å². The molecule has 0 aliphatic carbocycles. The zero-order valence-corrected chi connectivity index (χ0v) is 13.3. The van der Waals surface area contributed by atoms with Crippen LogP contribution in [-0.4, -0.2) is 41.9 Å². The second-order valence-corrected chi connectivity index (χ2v) is 5.92. The molecule has 1 fully saturated rings. The maximum atomic E-state index is 14.1. The Bertz CT molecular complexity index is 693. The molecule has 0 radical (unpaired) electrons. The lowest BCUT2D eigenvalue weighted by Gasteiger charge is -2.34. The highest BCUT2D eigenvalue weighted by atomic mass is 19.1. The Morgan fingerprint density at radius 3 is 2.22 bits per heavy atom. The molecular weight excluding hydrogens is 291 g/mol. The number of nitrogens with zero attached hydrogens (tertiary/aromatic N) is 2. The number of rotatable bonds is 3. The van der Waals surface area contributed by atoms with Crippen LogP contribution in [0.5, 0.6) is 0 Å². The van der Waals surface area contributed by atoms with E-state index in [4.69, 9.17) is 0 Å². The first-order valence-electron chi connectivity index (χ1n) is 7.96. The van der Waals surface area contributed by atoms with Gasteiger partial charge < -0.3 is 4.90 Å². The highest BCUT2D eigenvalue weighted by Crippen LogP contribution is 2.27. The molecule has 3 nitrogen and oxygen atoms in total. The zero-order chi connectivity index (χ0) is 16.2. The van der Waals surface area contributed by atoms with Gasteiger partial charge >= 0.3 is 0 Å². The summed E-state index contributed by atoms with van der Waals surface area (Å²) in [6.07, 6.45) is 0. The van der Waals surface area contributed by atoms with E-state index in [2.05, 4.69) is 11.0 Å². The van der Waals surface area contributed by atoms with Gasteiger partial charge in [0.05, 0.1) is 0 Å². The van der Waals surface area contributed by atoms with Crippen LogP contribution in [0.25, 0.3) is 11.1 Å². The predicted octanol–water partition coefficient (Wildman–Crippen LogP) is 3.16. The highest BCUT2D eigenvalue weighted by Gasteiger charge is 2.19. The highest BCUT2D eigenvalue weighted by molar-refractivity contribution is 5.73. The zero-order valence-electron chi connectivity index (χ0n) is 13.3. The normalized spacial score (nSPS) is 15.7. The molecule has 1 aliphatic heterocycles. The third-order valence-corrected chi connectivity index (χ3v) is 4.39. The van der Waals surface area contributed by atoms with Gasteiger partial charge in [-0.15, -0.1) is 0 Å². The quantitative estimate of drug-likeness (QED) is 0.869. The standard InChI is InChI=1S/C19H21FN2O/c1-15(23)22-12-10-21(11-13-22)14-16-6-2-3-7-17(16)18-8-4-5-9-19(18)20/h2-9H,10-14H2,1H3. The molecule has 1 saturated heterocycles. The van der Waals surface area contributed by atoms with Gasteiger partial charge in [-0.25, -0.2) is 4.39 Å². The summed E-state index contributed by atoms with van der Waals surface area (Å²) in [5.41, 5.74) is 2.71. The Balaban J connectivity index is 1.77. The average Bonchev–Trinajstić information content (AvgIpc) is 2.56. The summed E-state index contributed by atoms with van der Waals surface area (Å²) in [5, 5.41) is 0. The van der Waals surface area contributed by atoms with Crippen molar-refractivity contribution < 1.29 is 9.18 Å². The maximum absolute atomic E-state index is 14.1. The van der Waals surface area contributed by atoms with Crippen molar-refractivity contribution in [2.75, 3.05) is 26.2 Å². The number of hydrogen-bond donors (Lipinski definition) is 0. The summed E-state index contributed by atoms with van der Waals surface area (Å²) in [6.45, 7) is 5.62. The molecule has 1 heterocycles. The minimum Gasteiger partial charge on any atom is -0.340 e. The SMILES string of the molecule is CC(=O)N1CCN(Cc2ccccc2-c2ccccc2F)CC1. The molecule has 2 aromatic carbocycles. The Kier molecular flexibility index (Phi) is 4.72. The number of hydrogen-bond acceptors (Lipinski definition) is 2. The van der Waals surface area contributed by atoms with Gasteiger partial charge in [0.2, 0.25) is 5.91 Å². The van der Waals surface area contributed by atoms with Gasteiger partial charge in [0.15, 0.2) is 0 Å². The number of carbonyl (C=O) groups is 1. The molecular formula is C19H21FN2O. The van der Waals surface area contributed by atoms with Crippen molar-refractivity contribution in [1.29, 1.82) is 0 Å². The molecule has 0 spiro atoms. The minimum absolute atomic E-state index is 0.136. The fourth-order valence-corrected chi connectivity index (χ4v) is 3.06. The van der Waals surface area contributed by atoms with E-state index < -0.39 is 0 Å². The summed E-state index contributed by atoms with van der Waals surface area (Å²) in [7, 11) is 0. The van der Waals surface area contributed by atoms with Crippen LogP contribution in [0.2, 0.25) is 0 Å². The molecule has 0 aromatic heterocycles. The van der Waals surface area contributed by atoms with E-state index in [0.717, 1.165) is 43.9 Å². The van der Waals surface area contributed by atoms with Crippen molar-refractivity contribution in [3.05, 3.63) is 59.9 Å². The lowest BCUT2D eigenvalue weighted by Crippen LogP contribution is -2.47. The summed E-state index contributed by atoms with van der Waals surface area (Å²) in [6, 6.07) is 14.9. The largest absolute Gasteiger partial charge is 0.340 e. The van der Waals surface area contributed by atoms with Crippen molar-refractivity contribution in [2.45, 2.75) is 13.5 Å². The van der Waals surface area contributed by atoms with E-state index in [0.29, 0.717) is 5.56 Å². The first-order chi connectivity index (χ1) is 11.1. The average molecular weight is 312 g/mol. The topological polar surface area (TPSA) is 23.6 Å². The van der Waals surface area contributed by atoms with E-state index in [1.165, 1.54) is 6.07 Å². The van der Waals surface area contributed by atoms with Gasteiger partial charge in [0, 0.05) is 45.2 Å². The smallest absolute Gasteiger partial charge is 0.219 e. The van der Waals surface area contributed by atoms with Crippen molar-refractivity contribution >= 4 is 5.91 Å². The number of benzene rings is 2.